The van der Waals surface area contributed by atoms with Crippen molar-refractivity contribution in [2.24, 2.45) is 0 Å². The van der Waals surface area contributed by atoms with E-state index in [0.717, 1.165) is 19.6 Å². The van der Waals surface area contributed by atoms with Crippen molar-refractivity contribution >= 4 is 10.2 Å². The summed E-state index contributed by atoms with van der Waals surface area (Å²) in [6, 6.07) is 12.1. The molecule has 0 spiro atoms. The van der Waals surface area contributed by atoms with E-state index in [1.54, 1.807) is 0 Å². The smallest absolute Gasteiger partial charge is 0.0206 e. The van der Waals surface area contributed by atoms with Gasteiger partial charge in [0, 0.05) is 29.9 Å². The van der Waals surface area contributed by atoms with Gasteiger partial charge in [0.1, 0.15) is 0 Å². The Hall–Kier alpha value is -0.643. The lowest BCUT2D eigenvalue weighted by Crippen LogP contribution is -2.27. The Balaban J connectivity index is 1.65. The van der Waals surface area contributed by atoms with Crippen LogP contribution in [-0.4, -0.2) is 29.9 Å². The monoisotopic (exact) mass is 432 g/mol. The quantitative estimate of drug-likeness (QED) is 0.155. The van der Waals surface area contributed by atoms with Crippen molar-refractivity contribution in [2.75, 3.05) is 19.6 Å². The lowest BCUT2D eigenvalue weighted by molar-refractivity contribution is 0.523. The van der Waals surface area contributed by atoms with E-state index in [-0.39, 0.29) is 0 Å². The molecule has 0 saturated carbocycles. The molecule has 1 aromatic rings. The number of hydrogen-bond acceptors (Lipinski definition) is 2. The highest BCUT2D eigenvalue weighted by atomic mass is 28.1. The summed E-state index contributed by atoms with van der Waals surface area (Å²) in [7, 11) is 1.40. The van der Waals surface area contributed by atoms with Crippen LogP contribution >= 0.6 is 0 Å². The molecule has 0 heterocycles. The Morgan fingerprint density at radius 3 is 1.40 bits per heavy atom. The normalized spacial score (nSPS) is 11.3. The average molecular weight is 433 g/mol. The van der Waals surface area contributed by atoms with Gasteiger partial charge in [-0.2, -0.15) is 0 Å². The van der Waals surface area contributed by atoms with Crippen molar-refractivity contribution in [3.8, 4) is 0 Å². The Morgan fingerprint density at radius 2 is 0.900 bits per heavy atom. The van der Waals surface area contributed by atoms with Crippen molar-refractivity contribution in [1.29, 1.82) is 0 Å². The summed E-state index contributed by atoms with van der Waals surface area (Å²) >= 11 is 0. The number of hydrogen-bond donors (Lipinski definition) is 2. The fraction of sp³-hybridized carbons (Fsp3) is 0.778. The first-order valence-corrected chi connectivity index (χ1v) is 14.8. The lowest BCUT2D eigenvalue weighted by atomic mass is 10.0. The van der Waals surface area contributed by atoms with Gasteiger partial charge in [0.2, 0.25) is 0 Å². The van der Waals surface area contributed by atoms with Crippen molar-refractivity contribution in [3.63, 3.8) is 0 Å². The number of benzene rings is 1. The Labute approximate surface area is 191 Å². The molecule has 1 rings (SSSR count). The molecule has 0 aliphatic heterocycles. The number of unbranched alkanes of at least 4 members (excludes halogenated alkanes) is 15. The molecule has 1 aromatic carbocycles. The second-order valence-corrected chi connectivity index (χ2v) is 10.1. The zero-order chi connectivity index (χ0) is 21.4. The van der Waals surface area contributed by atoms with E-state index in [1.807, 2.05) is 0 Å². The van der Waals surface area contributed by atoms with Crippen molar-refractivity contribution in [2.45, 2.75) is 115 Å². The lowest BCUT2D eigenvalue weighted by Gasteiger charge is -2.07. The van der Waals surface area contributed by atoms with E-state index in [4.69, 9.17) is 0 Å². The topological polar surface area (TPSA) is 24.1 Å². The minimum atomic E-state index is 0.975. The van der Waals surface area contributed by atoms with E-state index in [1.165, 1.54) is 131 Å². The zero-order valence-corrected chi connectivity index (χ0v) is 22.2. The van der Waals surface area contributed by atoms with E-state index in [9.17, 15) is 0 Å². The van der Waals surface area contributed by atoms with Crippen molar-refractivity contribution in [3.05, 3.63) is 35.9 Å². The van der Waals surface area contributed by atoms with Gasteiger partial charge < -0.3 is 10.6 Å². The summed E-state index contributed by atoms with van der Waals surface area (Å²) < 4.78 is 0. The van der Waals surface area contributed by atoms with Crippen LogP contribution in [0.4, 0.5) is 0 Å². The largest absolute Gasteiger partial charge is 0.315 e. The van der Waals surface area contributed by atoms with Crippen LogP contribution in [0.5, 0.6) is 0 Å². The number of rotatable bonds is 23. The summed E-state index contributed by atoms with van der Waals surface area (Å²) in [6.45, 7) is 4.28. The highest BCUT2D eigenvalue weighted by molar-refractivity contribution is 6.08. The van der Waals surface area contributed by atoms with Crippen LogP contribution in [0.15, 0.2) is 30.3 Å². The Morgan fingerprint density at radius 1 is 0.467 bits per heavy atom. The summed E-state index contributed by atoms with van der Waals surface area (Å²) in [5.41, 5.74) is 1.37. The molecule has 30 heavy (non-hydrogen) atoms. The Bertz CT molecular complexity index is 438. The van der Waals surface area contributed by atoms with Gasteiger partial charge in [0.25, 0.3) is 0 Å². The molecule has 3 heteroatoms. The van der Waals surface area contributed by atoms with Crippen LogP contribution in [0.2, 0.25) is 6.04 Å². The molecule has 2 N–H and O–H groups in total. The molecule has 0 aliphatic carbocycles. The molecule has 0 atom stereocenters. The van der Waals surface area contributed by atoms with Gasteiger partial charge in [-0.05, 0) is 18.5 Å². The molecule has 0 saturated heterocycles. The van der Waals surface area contributed by atoms with Gasteiger partial charge in [-0.15, -0.1) is 0 Å². The molecule has 0 amide bonds. The summed E-state index contributed by atoms with van der Waals surface area (Å²) in [5.74, 6) is 0. The maximum atomic E-state index is 3.56. The number of nitrogens with one attached hydrogen (secondary N) is 2. The molecule has 174 valence electrons. The highest BCUT2D eigenvalue weighted by Gasteiger charge is 1.95. The second kappa shape index (κ2) is 23.0. The predicted molar refractivity (Wildman–Crippen MR) is 140 cm³/mol. The van der Waals surface area contributed by atoms with Gasteiger partial charge in [0.15, 0.2) is 0 Å². The molecule has 0 aliphatic rings. The van der Waals surface area contributed by atoms with E-state index >= 15 is 0 Å². The fourth-order valence-electron chi connectivity index (χ4n) is 4.11. The molecule has 0 aromatic heterocycles. The van der Waals surface area contributed by atoms with Crippen LogP contribution in [0.25, 0.3) is 0 Å². The first-order valence-electron chi connectivity index (χ1n) is 13.4. The predicted octanol–water partition coefficient (Wildman–Crippen LogP) is 6.39. The molecule has 0 unspecified atom stereocenters. The molecule has 0 bridgehead atoms. The minimum Gasteiger partial charge on any atom is -0.315 e. The highest BCUT2D eigenvalue weighted by Crippen LogP contribution is 2.13. The third kappa shape index (κ3) is 19.3. The summed E-state index contributed by atoms with van der Waals surface area (Å²) in [4.78, 5) is 0. The standard InChI is InChI=1S/C27H52N2Si/c30-25-19-14-12-10-8-6-4-2-1-3-5-7-9-11-13-18-22-28-23-24-29-26-27-20-16-15-17-21-27/h15-17,20-21,28-29H,1-14,18-19,22-26H2,30H3. The first kappa shape index (κ1) is 27.4. The summed E-state index contributed by atoms with van der Waals surface area (Å²) in [5, 5.41) is 7.06. The first-order chi connectivity index (χ1) is 14.9. The molecule has 2 nitrogen and oxygen atoms in total. The van der Waals surface area contributed by atoms with Crippen molar-refractivity contribution in [1.82, 2.24) is 10.6 Å². The van der Waals surface area contributed by atoms with Gasteiger partial charge in [-0.3, -0.25) is 0 Å². The van der Waals surface area contributed by atoms with Crippen LogP contribution in [0.3, 0.4) is 0 Å². The minimum absolute atomic E-state index is 0.975. The van der Waals surface area contributed by atoms with E-state index in [0.29, 0.717) is 0 Å². The molecular formula is C27H52N2Si. The second-order valence-electron chi connectivity index (χ2n) is 9.07. The van der Waals surface area contributed by atoms with Gasteiger partial charge >= 0.3 is 0 Å². The molecule has 0 radical (unpaired) electrons. The van der Waals surface area contributed by atoms with Crippen LogP contribution in [-0.2, 0) is 6.54 Å². The Kier molecular flexibility index (Phi) is 21.0. The maximum Gasteiger partial charge on any atom is 0.0206 e. The average Bonchev–Trinajstić information content (AvgIpc) is 2.78. The van der Waals surface area contributed by atoms with E-state index in [2.05, 4.69) is 41.0 Å². The van der Waals surface area contributed by atoms with Gasteiger partial charge in [0.05, 0.1) is 0 Å². The van der Waals surface area contributed by atoms with Crippen LogP contribution in [0.1, 0.15) is 108 Å². The van der Waals surface area contributed by atoms with E-state index < -0.39 is 0 Å². The molecule has 0 fully saturated rings. The maximum absolute atomic E-state index is 3.56. The SMILES string of the molecule is [SiH3]CCCCCCCCCCCCCCCCCCNCCNCc1ccccc1. The fourth-order valence-corrected chi connectivity index (χ4v) is 4.61. The zero-order valence-electron chi connectivity index (χ0n) is 20.2. The third-order valence-electron chi connectivity index (χ3n) is 6.11. The van der Waals surface area contributed by atoms with Crippen molar-refractivity contribution < 1.29 is 0 Å². The third-order valence-corrected chi connectivity index (χ3v) is 6.81. The van der Waals surface area contributed by atoms with Crippen LogP contribution < -0.4 is 10.6 Å². The van der Waals surface area contributed by atoms with Crippen LogP contribution in [0, 0.1) is 0 Å². The summed E-state index contributed by atoms with van der Waals surface area (Å²) in [6.07, 6.45) is 23.4. The molecular weight excluding hydrogens is 380 g/mol. The van der Waals surface area contributed by atoms with Gasteiger partial charge in [-0.25, -0.2) is 0 Å². The van der Waals surface area contributed by atoms with Gasteiger partial charge in [-0.1, -0.05) is 133 Å².